The fourth-order valence-electron chi connectivity index (χ4n) is 2.35. The number of rotatable bonds is 9. The molecule has 1 amide bonds. The summed E-state index contributed by atoms with van der Waals surface area (Å²) in [4.78, 5) is 24.4. The summed E-state index contributed by atoms with van der Waals surface area (Å²) in [6, 6.07) is 5.80. The van der Waals surface area contributed by atoms with Gasteiger partial charge in [-0.3, -0.25) is 13.9 Å². The Bertz CT molecular complexity index is 572. The van der Waals surface area contributed by atoms with Crippen LogP contribution in [-0.2, 0) is 38.0 Å². The molecule has 0 aliphatic carbocycles. The molecule has 0 bridgehead atoms. The van der Waals surface area contributed by atoms with Crippen molar-refractivity contribution in [2.24, 2.45) is 0 Å². The molecule has 0 aliphatic heterocycles. The fourth-order valence-corrected chi connectivity index (χ4v) is 3.15. The SMILES string of the molecule is CCc1cccc(CC)c1N(COC)C(=O)CS(=O)CC(=O)[O-].[Na+]. The fraction of sp³-hybridized carbons (Fsp3) is 0.500. The molecule has 24 heavy (non-hydrogen) atoms. The Morgan fingerprint density at radius 1 is 1.17 bits per heavy atom. The normalized spacial score (nSPS) is 11.5. The maximum Gasteiger partial charge on any atom is 1.00 e. The number of hydrogen-bond acceptors (Lipinski definition) is 5. The Labute approximate surface area is 167 Å². The largest absolute Gasteiger partial charge is 1.00 e. The van der Waals surface area contributed by atoms with Gasteiger partial charge in [-0.1, -0.05) is 32.0 Å². The Balaban J connectivity index is 0.00000529. The molecule has 0 saturated carbocycles. The number of carbonyl (C=O) groups excluding carboxylic acids is 2. The predicted octanol–water partition coefficient (Wildman–Crippen LogP) is -2.75. The van der Waals surface area contributed by atoms with Crippen LogP contribution in [0.3, 0.4) is 0 Å². The quantitative estimate of drug-likeness (QED) is 0.351. The monoisotopic (exact) mass is 363 g/mol. The topological polar surface area (TPSA) is 86.7 Å². The third-order valence-corrected chi connectivity index (χ3v) is 4.48. The van der Waals surface area contributed by atoms with E-state index in [1.165, 1.54) is 12.0 Å². The van der Waals surface area contributed by atoms with Crippen molar-refractivity contribution in [2.45, 2.75) is 26.7 Å². The number of ether oxygens (including phenoxy) is 1. The van der Waals surface area contributed by atoms with E-state index >= 15 is 0 Å². The van der Waals surface area contributed by atoms with Crippen LogP contribution in [0.25, 0.3) is 0 Å². The predicted molar refractivity (Wildman–Crippen MR) is 87.4 cm³/mol. The number of amides is 1. The summed E-state index contributed by atoms with van der Waals surface area (Å²) in [5, 5.41) is 10.5. The molecule has 1 aromatic rings. The molecule has 0 N–H and O–H groups in total. The van der Waals surface area contributed by atoms with E-state index in [4.69, 9.17) is 4.74 Å². The van der Waals surface area contributed by atoms with Gasteiger partial charge >= 0.3 is 29.6 Å². The van der Waals surface area contributed by atoms with E-state index in [1.807, 2.05) is 32.0 Å². The Hall–Kier alpha value is -0.730. The summed E-state index contributed by atoms with van der Waals surface area (Å²) in [6.45, 7) is 4.00. The Morgan fingerprint density at radius 3 is 2.12 bits per heavy atom. The van der Waals surface area contributed by atoms with E-state index in [-0.39, 0.29) is 42.0 Å². The van der Waals surface area contributed by atoms with Crippen LogP contribution < -0.4 is 39.6 Å². The molecule has 1 unspecified atom stereocenters. The smallest absolute Gasteiger partial charge is 0.549 e. The van der Waals surface area contributed by atoms with Crippen LogP contribution in [0.15, 0.2) is 18.2 Å². The van der Waals surface area contributed by atoms with Crippen LogP contribution in [0, 0.1) is 0 Å². The van der Waals surface area contributed by atoms with E-state index in [1.54, 1.807) is 0 Å². The molecule has 0 spiro atoms. The standard InChI is InChI=1S/C16H23NO5S.Na/c1-4-12-7-6-8-13(5-2)16(12)17(11-22-3)14(18)9-23(21)10-15(19)20;/h6-8H,4-5,9-11H2,1-3H3,(H,19,20);/q;+1/p-1. The van der Waals surface area contributed by atoms with Gasteiger partial charge in [0.05, 0.1) is 17.4 Å². The number of benzene rings is 1. The van der Waals surface area contributed by atoms with Crippen molar-refractivity contribution >= 4 is 28.4 Å². The van der Waals surface area contributed by atoms with Gasteiger partial charge in [-0.2, -0.15) is 0 Å². The number of aliphatic carboxylic acids is 1. The molecule has 0 heterocycles. The van der Waals surface area contributed by atoms with Crippen molar-refractivity contribution in [3.05, 3.63) is 29.3 Å². The Morgan fingerprint density at radius 2 is 1.71 bits per heavy atom. The van der Waals surface area contributed by atoms with Gasteiger partial charge in [0.1, 0.15) is 12.5 Å². The molecule has 0 aliphatic rings. The maximum absolute atomic E-state index is 12.5. The van der Waals surface area contributed by atoms with Crippen LogP contribution in [0.2, 0.25) is 0 Å². The first-order chi connectivity index (χ1) is 10.9. The van der Waals surface area contributed by atoms with Gasteiger partial charge in [0.25, 0.3) is 0 Å². The number of para-hydroxylation sites is 1. The van der Waals surface area contributed by atoms with Crippen molar-refractivity contribution in [1.29, 1.82) is 0 Å². The number of carboxylic acids is 1. The average Bonchev–Trinajstić information content (AvgIpc) is 2.50. The second kappa shape index (κ2) is 11.8. The van der Waals surface area contributed by atoms with Crippen LogP contribution in [0.4, 0.5) is 5.69 Å². The minimum Gasteiger partial charge on any atom is -0.549 e. The van der Waals surface area contributed by atoms with Crippen LogP contribution in [0.5, 0.6) is 0 Å². The maximum atomic E-state index is 12.5. The van der Waals surface area contributed by atoms with Crippen molar-refractivity contribution in [2.75, 3.05) is 30.2 Å². The zero-order chi connectivity index (χ0) is 17.4. The molecule has 1 atom stereocenters. The molecule has 0 aromatic heterocycles. The van der Waals surface area contributed by atoms with Crippen molar-refractivity contribution in [1.82, 2.24) is 0 Å². The number of methoxy groups -OCH3 is 1. The molecule has 0 radical (unpaired) electrons. The van der Waals surface area contributed by atoms with Crippen molar-refractivity contribution < 1.29 is 53.2 Å². The van der Waals surface area contributed by atoms with E-state index in [9.17, 15) is 18.9 Å². The van der Waals surface area contributed by atoms with Crippen molar-refractivity contribution in [3.63, 3.8) is 0 Å². The van der Waals surface area contributed by atoms with Gasteiger partial charge in [-0.25, -0.2) is 0 Å². The van der Waals surface area contributed by atoms with Gasteiger partial charge < -0.3 is 14.6 Å². The summed E-state index contributed by atoms with van der Waals surface area (Å²) in [5.41, 5.74) is 2.73. The first-order valence-corrected chi connectivity index (χ1v) is 8.88. The molecule has 8 heteroatoms. The number of aryl methyl sites for hydroxylation is 2. The summed E-state index contributed by atoms with van der Waals surface area (Å²) < 4.78 is 16.8. The minimum absolute atomic E-state index is 0. The summed E-state index contributed by atoms with van der Waals surface area (Å²) >= 11 is 0. The van der Waals surface area contributed by atoms with E-state index < -0.39 is 28.4 Å². The summed E-state index contributed by atoms with van der Waals surface area (Å²) in [7, 11) is -0.333. The third kappa shape index (κ3) is 6.64. The number of carbonyl (C=O) groups is 2. The van der Waals surface area contributed by atoms with E-state index in [2.05, 4.69) is 0 Å². The molecule has 128 valence electrons. The Kier molecular flexibility index (Phi) is 11.4. The number of anilines is 1. The van der Waals surface area contributed by atoms with Crippen LogP contribution in [0.1, 0.15) is 25.0 Å². The third-order valence-electron chi connectivity index (χ3n) is 3.36. The summed E-state index contributed by atoms with van der Waals surface area (Å²) in [6.07, 6.45) is 1.47. The molecule has 6 nitrogen and oxygen atoms in total. The first kappa shape index (κ1) is 23.3. The molecular weight excluding hydrogens is 341 g/mol. The van der Waals surface area contributed by atoms with Gasteiger partial charge in [0.2, 0.25) is 5.91 Å². The molecular formula is C16H22NNaO5S. The number of nitrogens with zero attached hydrogens (tertiary/aromatic N) is 1. The molecule has 0 saturated heterocycles. The van der Waals surface area contributed by atoms with Gasteiger partial charge in [-0.05, 0) is 24.0 Å². The van der Waals surface area contributed by atoms with Crippen molar-refractivity contribution in [3.8, 4) is 0 Å². The van der Waals surface area contributed by atoms with Gasteiger partial charge in [0, 0.05) is 17.9 Å². The summed E-state index contributed by atoms with van der Waals surface area (Å²) in [5.74, 6) is -2.89. The molecule has 1 aromatic carbocycles. The van der Waals surface area contributed by atoms with Crippen LogP contribution in [-0.4, -0.2) is 41.4 Å². The van der Waals surface area contributed by atoms with Gasteiger partial charge in [0.15, 0.2) is 0 Å². The zero-order valence-electron chi connectivity index (χ0n) is 14.7. The minimum atomic E-state index is -1.80. The van der Waals surface area contributed by atoms with Gasteiger partial charge in [-0.15, -0.1) is 0 Å². The van der Waals surface area contributed by atoms with E-state index in [0.717, 1.165) is 29.7 Å². The number of carboxylic acid groups (broad SMARTS) is 1. The first-order valence-electron chi connectivity index (χ1n) is 7.39. The van der Waals surface area contributed by atoms with Crippen LogP contribution >= 0.6 is 0 Å². The number of hydrogen-bond donors (Lipinski definition) is 0. The van der Waals surface area contributed by atoms with E-state index in [0.29, 0.717) is 0 Å². The second-order valence-electron chi connectivity index (χ2n) is 4.97. The average molecular weight is 363 g/mol. The zero-order valence-corrected chi connectivity index (χ0v) is 17.5. The second-order valence-corrected chi connectivity index (χ2v) is 6.43. The molecule has 0 fully saturated rings. The molecule has 1 rings (SSSR count).